The first-order valence-corrected chi connectivity index (χ1v) is 8.00. The number of hydrogen-bond acceptors (Lipinski definition) is 4. The van der Waals surface area contributed by atoms with Gasteiger partial charge in [0.2, 0.25) is 0 Å². The van der Waals surface area contributed by atoms with E-state index in [1.165, 1.54) is 0 Å². The van der Waals surface area contributed by atoms with Crippen LogP contribution in [0, 0.1) is 0 Å². The van der Waals surface area contributed by atoms with Crippen LogP contribution in [0.15, 0.2) is 41.3 Å². The van der Waals surface area contributed by atoms with Gasteiger partial charge in [0.1, 0.15) is 0 Å². The molecule has 1 amide bonds. The van der Waals surface area contributed by atoms with Crippen LogP contribution in [0.3, 0.4) is 0 Å². The van der Waals surface area contributed by atoms with E-state index >= 15 is 0 Å². The van der Waals surface area contributed by atoms with Gasteiger partial charge in [0.15, 0.2) is 5.69 Å². The molecule has 1 aromatic carbocycles. The monoisotopic (exact) mass is 323 g/mol. The van der Waals surface area contributed by atoms with Crippen LogP contribution >= 0.6 is 0 Å². The highest BCUT2D eigenvalue weighted by molar-refractivity contribution is 6.04. The van der Waals surface area contributed by atoms with Crippen molar-refractivity contribution in [3.05, 3.63) is 58.3 Å². The molecule has 0 spiro atoms. The van der Waals surface area contributed by atoms with Gasteiger partial charge >= 0.3 is 0 Å². The molecule has 0 aliphatic carbocycles. The number of fused-ring (bicyclic) bond motifs is 1. The summed E-state index contributed by atoms with van der Waals surface area (Å²) in [5, 5.41) is 14.5. The lowest BCUT2D eigenvalue weighted by molar-refractivity contribution is 0.0701. The molecule has 7 heteroatoms. The SMILES string of the molecule is O=C(c1n[nH]c(=O)c2ccccc12)N1CCCC(c2ccn[nH]2)C1. The molecule has 1 fully saturated rings. The minimum atomic E-state index is -0.281. The first-order chi connectivity index (χ1) is 11.7. The second-order valence-electron chi connectivity index (χ2n) is 6.05. The molecule has 0 saturated carbocycles. The number of likely N-dealkylation sites (tertiary alicyclic amines) is 1. The summed E-state index contributed by atoms with van der Waals surface area (Å²) in [6.45, 7) is 1.31. The van der Waals surface area contributed by atoms with Crippen molar-refractivity contribution >= 4 is 16.7 Å². The first-order valence-electron chi connectivity index (χ1n) is 8.00. The van der Waals surface area contributed by atoms with Crippen LogP contribution in [0.4, 0.5) is 0 Å². The number of benzene rings is 1. The molecular weight excluding hydrogens is 306 g/mol. The average molecular weight is 323 g/mol. The summed E-state index contributed by atoms with van der Waals surface area (Å²) in [5.41, 5.74) is 1.07. The number of rotatable bonds is 2. The van der Waals surface area contributed by atoms with Gasteiger partial charge in [0, 0.05) is 36.3 Å². The molecule has 7 nitrogen and oxygen atoms in total. The molecule has 0 radical (unpaired) electrons. The number of aromatic amines is 2. The maximum atomic E-state index is 13.0. The quantitative estimate of drug-likeness (QED) is 0.750. The predicted octanol–water partition coefficient (Wildman–Crippen LogP) is 1.67. The highest BCUT2D eigenvalue weighted by atomic mass is 16.2. The zero-order chi connectivity index (χ0) is 16.5. The molecular formula is C17H17N5O2. The summed E-state index contributed by atoms with van der Waals surface area (Å²) in [5.74, 6) is 0.103. The fraction of sp³-hybridized carbons (Fsp3) is 0.294. The average Bonchev–Trinajstić information content (AvgIpc) is 3.17. The number of aromatic nitrogens is 4. The van der Waals surface area contributed by atoms with Gasteiger partial charge in [-0.15, -0.1) is 0 Å². The van der Waals surface area contributed by atoms with Gasteiger partial charge in [0.05, 0.1) is 5.39 Å². The van der Waals surface area contributed by atoms with E-state index in [1.807, 2.05) is 17.0 Å². The van der Waals surface area contributed by atoms with E-state index in [2.05, 4.69) is 20.4 Å². The molecule has 0 bridgehead atoms. The van der Waals surface area contributed by atoms with Crippen molar-refractivity contribution in [3.63, 3.8) is 0 Å². The van der Waals surface area contributed by atoms with Gasteiger partial charge in [-0.3, -0.25) is 14.7 Å². The zero-order valence-corrected chi connectivity index (χ0v) is 13.0. The number of nitrogens with zero attached hydrogens (tertiary/aromatic N) is 3. The van der Waals surface area contributed by atoms with Crippen molar-refractivity contribution < 1.29 is 4.79 Å². The first kappa shape index (κ1) is 14.6. The fourth-order valence-electron chi connectivity index (χ4n) is 3.34. The number of nitrogens with one attached hydrogen (secondary N) is 2. The second kappa shape index (κ2) is 5.92. The third kappa shape index (κ3) is 2.47. The van der Waals surface area contributed by atoms with E-state index in [-0.39, 0.29) is 17.4 Å². The molecule has 1 aliphatic rings. The molecule has 2 aromatic heterocycles. The van der Waals surface area contributed by atoms with Gasteiger partial charge < -0.3 is 4.90 Å². The van der Waals surface area contributed by atoms with Crippen molar-refractivity contribution in [2.75, 3.05) is 13.1 Å². The third-order valence-corrected chi connectivity index (χ3v) is 4.57. The van der Waals surface area contributed by atoms with E-state index in [9.17, 15) is 9.59 Å². The van der Waals surface area contributed by atoms with Gasteiger partial charge in [-0.2, -0.15) is 10.2 Å². The lowest BCUT2D eigenvalue weighted by Gasteiger charge is -2.32. The van der Waals surface area contributed by atoms with E-state index in [0.717, 1.165) is 18.5 Å². The number of amides is 1. The van der Waals surface area contributed by atoms with Crippen LogP contribution in [0.5, 0.6) is 0 Å². The highest BCUT2D eigenvalue weighted by Gasteiger charge is 2.28. The Morgan fingerprint density at radius 1 is 1.17 bits per heavy atom. The van der Waals surface area contributed by atoms with Crippen LogP contribution in [0.1, 0.15) is 34.9 Å². The molecule has 1 atom stereocenters. The number of hydrogen-bond donors (Lipinski definition) is 2. The number of H-pyrrole nitrogens is 2. The summed E-state index contributed by atoms with van der Waals surface area (Å²) in [6.07, 6.45) is 3.68. The molecule has 1 saturated heterocycles. The third-order valence-electron chi connectivity index (χ3n) is 4.57. The molecule has 122 valence electrons. The highest BCUT2D eigenvalue weighted by Crippen LogP contribution is 2.26. The van der Waals surface area contributed by atoms with Gasteiger partial charge in [-0.25, -0.2) is 5.10 Å². The molecule has 4 rings (SSSR count). The fourth-order valence-corrected chi connectivity index (χ4v) is 3.34. The Labute approximate surface area is 137 Å². The Hall–Kier alpha value is -2.96. The molecule has 1 unspecified atom stereocenters. The second-order valence-corrected chi connectivity index (χ2v) is 6.05. The zero-order valence-electron chi connectivity index (χ0n) is 13.0. The Kier molecular flexibility index (Phi) is 3.60. The Morgan fingerprint density at radius 3 is 2.79 bits per heavy atom. The van der Waals surface area contributed by atoms with Crippen molar-refractivity contribution in [2.45, 2.75) is 18.8 Å². The summed E-state index contributed by atoms with van der Waals surface area (Å²) in [7, 11) is 0. The van der Waals surface area contributed by atoms with Gasteiger partial charge in [0.25, 0.3) is 11.5 Å². The van der Waals surface area contributed by atoms with Crippen molar-refractivity contribution in [1.29, 1.82) is 0 Å². The van der Waals surface area contributed by atoms with Crippen LogP contribution in [-0.4, -0.2) is 44.3 Å². The minimum absolute atomic E-state index is 0.147. The maximum Gasteiger partial charge on any atom is 0.274 e. The molecule has 3 aromatic rings. The standard InChI is InChI=1S/C17H17N5O2/c23-16-13-6-2-1-5-12(13)15(20-21-16)17(24)22-9-3-4-11(10-22)14-7-8-18-19-14/h1-2,5-8,11H,3-4,9-10H2,(H,18,19)(H,21,23). The van der Waals surface area contributed by atoms with Crippen LogP contribution in [0.2, 0.25) is 0 Å². The van der Waals surface area contributed by atoms with E-state index in [1.54, 1.807) is 24.4 Å². The maximum absolute atomic E-state index is 13.0. The Balaban J connectivity index is 1.66. The summed E-state index contributed by atoms with van der Waals surface area (Å²) >= 11 is 0. The predicted molar refractivity (Wildman–Crippen MR) is 88.8 cm³/mol. The van der Waals surface area contributed by atoms with Gasteiger partial charge in [-0.05, 0) is 25.0 Å². The summed E-state index contributed by atoms with van der Waals surface area (Å²) in [6, 6.07) is 9.01. The number of piperidine rings is 1. The number of carbonyl (C=O) groups excluding carboxylic acids is 1. The Bertz CT molecular complexity index is 932. The van der Waals surface area contributed by atoms with Crippen molar-refractivity contribution in [2.24, 2.45) is 0 Å². The topological polar surface area (TPSA) is 94.7 Å². The van der Waals surface area contributed by atoms with Crippen molar-refractivity contribution in [3.8, 4) is 0 Å². The largest absolute Gasteiger partial charge is 0.337 e. The molecule has 3 heterocycles. The van der Waals surface area contributed by atoms with E-state index < -0.39 is 0 Å². The summed E-state index contributed by atoms with van der Waals surface area (Å²) in [4.78, 5) is 26.6. The molecule has 2 N–H and O–H groups in total. The van der Waals surface area contributed by atoms with Gasteiger partial charge in [-0.1, -0.05) is 18.2 Å². The van der Waals surface area contributed by atoms with Crippen LogP contribution < -0.4 is 5.56 Å². The summed E-state index contributed by atoms with van der Waals surface area (Å²) < 4.78 is 0. The van der Waals surface area contributed by atoms with E-state index in [0.29, 0.717) is 29.6 Å². The molecule has 1 aliphatic heterocycles. The van der Waals surface area contributed by atoms with Crippen LogP contribution in [-0.2, 0) is 0 Å². The molecule has 24 heavy (non-hydrogen) atoms. The minimum Gasteiger partial charge on any atom is -0.337 e. The van der Waals surface area contributed by atoms with Crippen molar-refractivity contribution in [1.82, 2.24) is 25.3 Å². The number of carbonyl (C=O) groups is 1. The Morgan fingerprint density at radius 2 is 2.00 bits per heavy atom. The normalized spacial score (nSPS) is 18.0. The van der Waals surface area contributed by atoms with Crippen LogP contribution in [0.25, 0.3) is 10.8 Å². The lowest BCUT2D eigenvalue weighted by atomic mass is 9.94. The smallest absolute Gasteiger partial charge is 0.274 e. The lowest BCUT2D eigenvalue weighted by Crippen LogP contribution is -2.40. The van der Waals surface area contributed by atoms with E-state index in [4.69, 9.17) is 0 Å².